The number of imidazole rings is 1. The van der Waals surface area contributed by atoms with E-state index in [2.05, 4.69) is 26.4 Å². The van der Waals surface area contributed by atoms with Gasteiger partial charge in [-0.1, -0.05) is 6.58 Å². The Kier molecular flexibility index (Phi) is 4.00. The third kappa shape index (κ3) is 3.29. The van der Waals surface area contributed by atoms with Crippen molar-refractivity contribution in [1.29, 1.82) is 0 Å². The summed E-state index contributed by atoms with van der Waals surface area (Å²) < 4.78 is 22.2. The number of guanidine groups is 1. The summed E-state index contributed by atoms with van der Waals surface area (Å²) in [5.41, 5.74) is 6.60. The van der Waals surface area contributed by atoms with Crippen molar-refractivity contribution >= 4 is 25.3 Å². The molecule has 0 radical (unpaired) electrons. The van der Waals surface area contributed by atoms with Crippen LogP contribution in [-0.4, -0.2) is 49.2 Å². The number of fused-ring (bicyclic) bond motifs is 1. The Morgan fingerprint density at radius 2 is 2.35 bits per heavy atom. The number of aliphatic hydroxyl groups excluding tert-OH is 1. The lowest BCUT2D eigenvalue weighted by atomic mass is 10.2. The summed E-state index contributed by atoms with van der Waals surface area (Å²) in [5, 5.41) is 12.9. The van der Waals surface area contributed by atoms with Crippen LogP contribution in [0.5, 0.6) is 0 Å². The molecular formula is C11H16N5O6P. The Morgan fingerprint density at radius 3 is 3.04 bits per heavy atom. The molecule has 11 nitrogen and oxygen atoms in total. The lowest BCUT2D eigenvalue weighted by Gasteiger charge is -2.20. The molecule has 6 N–H and O–H groups in total. The molecule has 1 saturated heterocycles. The summed E-state index contributed by atoms with van der Waals surface area (Å²) in [4.78, 5) is 25.7. The third-order valence-electron chi connectivity index (χ3n) is 3.43. The first kappa shape index (κ1) is 16.1. The van der Waals surface area contributed by atoms with Gasteiger partial charge in [0.2, 0.25) is 0 Å². The highest BCUT2D eigenvalue weighted by molar-refractivity contribution is 7.46. The minimum atomic E-state index is -4.59. The summed E-state index contributed by atoms with van der Waals surface area (Å²) in [6.45, 7) is 3.44. The van der Waals surface area contributed by atoms with Crippen LogP contribution >= 0.6 is 7.82 Å². The number of nitrogens with zero attached hydrogens (tertiary/aromatic N) is 3. The minimum absolute atomic E-state index is 0.137. The number of aromatic nitrogens is 2. The first-order chi connectivity index (χ1) is 10.7. The fraction of sp³-hybridized carbons (Fsp3) is 0.455. The van der Waals surface area contributed by atoms with E-state index in [9.17, 15) is 9.67 Å². The molecule has 0 saturated carbocycles. The van der Waals surface area contributed by atoms with Crippen LogP contribution in [0.3, 0.4) is 0 Å². The zero-order valence-electron chi connectivity index (χ0n) is 11.9. The highest BCUT2D eigenvalue weighted by atomic mass is 31.2. The first-order valence-corrected chi connectivity index (χ1v) is 8.18. The van der Waals surface area contributed by atoms with Crippen molar-refractivity contribution < 1.29 is 28.7 Å². The van der Waals surface area contributed by atoms with E-state index in [-0.39, 0.29) is 19.0 Å². The van der Waals surface area contributed by atoms with Crippen LogP contribution < -0.4 is 11.1 Å². The van der Waals surface area contributed by atoms with Crippen molar-refractivity contribution in [3.8, 4) is 0 Å². The summed E-state index contributed by atoms with van der Waals surface area (Å²) in [7, 11) is -4.59. The Bertz CT molecular complexity index is 712. The number of ether oxygens (including phenoxy) is 1. The van der Waals surface area contributed by atoms with Gasteiger partial charge in [0.15, 0.2) is 18.0 Å². The lowest BCUT2D eigenvalue weighted by Crippen LogP contribution is -2.32. The molecule has 1 aromatic rings. The molecule has 23 heavy (non-hydrogen) atoms. The molecule has 0 spiro atoms. The van der Waals surface area contributed by atoms with Crippen LogP contribution in [0.1, 0.15) is 18.3 Å². The van der Waals surface area contributed by atoms with Crippen molar-refractivity contribution in [1.82, 2.24) is 14.9 Å². The zero-order chi connectivity index (χ0) is 16.8. The van der Waals surface area contributed by atoms with Crippen LogP contribution in [-0.2, 0) is 13.8 Å². The SMILES string of the molecule is C=C1NC(N)=Nc2c1ncn2C1OC(COP(=O)(O)O)CC1O. The second-order valence-corrected chi connectivity index (χ2v) is 6.40. The number of nitrogens with two attached hydrogens (primary N) is 1. The van der Waals surface area contributed by atoms with Gasteiger partial charge < -0.3 is 30.7 Å². The number of phosphoric ester groups is 1. The summed E-state index contributed by atoms with van der Waals surface area (Å²) in [5.74, 6) is 0.518. The molecular weight excluding hydrogens is 329 g/mol. The Balaban J connectivity index is 1.79. The van der Waals surface area contributed by atoms with E-state index >= 15 is 0 Å². The topological polar surface area (TPSA) is 164 Å². The van der Waals surface area contributed by atoms with Crippen molar-refractivity contribution in [2.75, 3.05) is 6.61 Å². The predicted molar refractivity (Wildman–Crippen MR) is 78.2 cm³/mol. The second-order valence-electron chi connectivity index (χ2n) is 5.16. The highest BCUT2D eigenvalue weighted by Gasteiger charge is 2.38. The molecule has 1 aromatic heterocycles. The molecule has 126 valence electrons. The molecule has 0 aromatic carbocycles. The quantitative estimate of drug-likeness (QED) is 0.437. The van der Waals surface area contributed by atoms with Crippen LogP contribution in [0.4, 0.5) is 5.82 Å². The van der Waals surface area contributed by atoms with E-state index in [4.69, 9.17) is 20.3 Å². The Hall–Kier alpha value is -1.75. The van der Waals surface area contributed by atoms with Gasteiger partial charge in [0.05, 0.1) is 24.7 Å². The molecule has 3 heterocycles. The average Bonchev–Trinajstić information content (AvgIpc) is 2.99. The number of phosphoric acid groups is 1. The van der Waals surface area contributed by atoms with Crippen molar-refractivity contribution in [2.45, 2.75) is 24.9 Å². The van der Waals surface area contributed by atoms with E-state index in [0.29, 0.717) is 17.2 Å². The van der Waals surface area contributed by atoms with Crippen LogP contribution in [0.15, 0.2) is 17.9 Å². The van der Waals surface area contributed by atoms with Crippen molar-refractivity contribution in [3.63, 3.8) is 0 Å². The largest absolute Gasteiger partial charge is 0.469 e. The maximum Gasteiger partial charge on any atom is 0.469 e. The molecule has 3 rings (SSSR count). The average molecular weight is 345 g/mol. The molecule has 0 aliphatic carbocycles. The third-order valence-corrected chi connectivity index (χ3v) is 3.91. The van der Waals surface area contributed by atoms with Gasteiger partial charge in [0.1, 0.15) is 11.8 Å². The second kappa shape index (κ2) is 5.71. The van der Waals surface area contributed by atoms with Crippen LogP contribution in [0, 0.1) is 0 Å². The molecule has 2 aliphatic heterocycles. The Labute approximate surface area is 130 Å². The lowest BCUT2D eigenvalue weighted by molar-refractivity contribution is -0.0491. The number of hydrogen-bond donors (Lipinski definition) is 5. The van der Waals surface area contributed by atoms with Crippen LogP contribution in [0.25, 0.3) is 5.70 Å². The first-order valence-electron chi connectivity index (χ1n) is 6.65. The standard InChI is InChI=1S/C11H16N5O6P/c1-5-8-9(15-11(12)14-5)16(4-13-8)10-7(17)2-6(22-10)3-21-23(18,19)20/h4,6-7,10,17H,1-3H2,(H3,12,14,15)(H2,18,19,20). The van der Waals surface area contributed by atoms with Crippen molar-refractivity contribution in [3.05, 3.63) is 18.6 Å². The number of aliphatic hydroxyl groups is 1. The zero-order valence-corrected chi connectivity index (χ0v) is 12.8. The minimum Gasteiger partial charge on any atom is -0.388 e. The summed E-state index contributed by atoms with van der Waals surface area (Å²) in [6, 6.07) is 0. The summed E-state index contributed by atoms with van der Waals surface area (Å²) in [6.07, 6.45) is -0.834. The van der Waals surface area contributed by atoms with Gasteiger partial charge in [0, 0.05) is 6.42 Å². The van der Waals surface area contributed by atoms with Gasteiger partial charge in [-0.3, -0.25) is 9.09 Å². The number of nitrogens with one attached hydrogen (secondary N) is 1. The molecule has 2 aliphatic rings. The van der Waals surface area contributed by atoms with E-state index in [1.165, 1.54) is 10.9 Å². The Morgan fingerprint density at radius 1 is 1.61 bits per heavy atom. The van der Waals surface area contributed by atoms with Crippen LogP contribution in [0.2, 0.25) is 0 Å². The van der Waals surface area contributed by atoms with Gasteiger partial charge in [-0.05, 0) is 0 Å². The molecule has 12 heteroatoms. The molecule has 1 fully saturated rings. The molecule has 0 bridgehead atoms. The maximum atomic E-state index is 10.7. The maximum absolute atomic E-state index is 10.7. The molecule has 3 unspecified atom stereocenters. The smallest absolute Gasteiger partial charge is 0.388 e. The fourth-order valence-corrected chi connectivity index (χ4v) is 2.85. The predicted octanol–water partition coefficient (Wildman–Crippen LogP) is -0.839. The van der Waals surface area contributed by atoms with Gasteiger partial charge in [-0.15, -0.1) is 0 Å². The van der Waals surface area contributed by atoms with Crippen molar-refractivity contribution in [2.24, 2.45) is 10.7 Å². The van der Waals surface area contributed by atoms with E-state index in [1.54, 1.807) is 0 Å². The fourth-order valence-electron chi connectivity index (χ4n) is 2.49. The van der Waals surface area contributed by atoms with E-state index in [1.807, 2.05) is 0 Å². The van der Waals surface area contributed by atoms with Gasteiger partial charge >= 0.3 is 7.82 Å². The monoisotopic (exact) mass is 345 g/mol. The number of aliphatic imine (C=N–C) groups is 1. The summed E-state index contributed by atoms with van der Waals surface area (Å²) >= 11 is 0. The number of rotatable bonds is 4. The normalized spacial score (nSPS) is 27.5. The molecule has 0 amide bonds. The van der Waals surface area contributed by atoms with E-state index < -0.39 is 26.3 Å². The number of hydrogen-bond acceptors (Lipinski definition) is 8. The van der Waals surface area contributed by atoms with E-state index in [0.717, 1.165) is 0 Å². The van der Waals surface area contributed by atoms with Gasteiger partial charge in [0.25, 0.3) is 0 Å². The molecule has 3 atom stereocenters. The van der Waals surface area contributed by atoms with Gasteiger partial charge in [-0.25, -0.2) is 9.55 Å². The van der Waals surface area contributed by atoms with Gasteiger partial charge in [-0.2, -0.15) is 4.99 Å². The highest BCUT2D eigenvalue weighted by Crippen LogP contribution is 2.39.